The maximum Gasteiger partial charge on any atom is 0.278 e. The van der Waals surface area contributed by atoms with Crippen LogP contribution in [0.25, 0.3) is 0 Å². The lowest BCUT2D eigenvalue weighted by Crippen LogP contribution is -2.14. The van der Waals surface area contributed by atoms with Crippen molar-refractivity contribution in [3.63, 3.8) is 0 Å². The van der Waals surface area contributed by atoms with Crippen molar-refractivity contribution in [3.05, 3.63) is 41.6 Å². The zero-order valence-electron chi connectivity index (χ0n) is 11.4. The van der Waals surface area contributed by atoms with Crippen molar-refractivity contribution < 1.29 is 13.5 Å². The molecular weight excluding hydrogens is 290 g/mol. The topological polar surface area (TPSA) is 95.1 Å². The first-order valence-electron chi connectivity index (χ1n) is 6.25. The number of hydrogen-bond donors (Lipinski definition) is 3. The summed E-state index contributed by atoms with van der Waals surface area (Å²) in [6.45, 7) is 1.83. The molecule has 0 aliphatic carbocycles. The summed E-state index contributed by atoms with van der Waals surface area (Å²) in [5.41, 5.74) is 1.86. The SMILES string of the molecule is Cc1ccc(C#CCCO)c(NS(=O)(=O)c2ccn[nH]2)c1. The van der Waals surface area contributed by atoms with Gasteiger partial charge in [-0.15, -0.1) is 0 Å². The van der Waals surface area contributed by atoms with E-state index >= 15 is 0 Å². The minimum absolute atomic E-state index is 0.0155. The highest BCUT2D eigenvalue weighted by Crippen LogP contribution is 2.20. The van der Waals surface area contributed by atoms with Gasteiger partial charge in [0.1, 0.15) is 0 Å². The normalized spacial score (nSPS) is 10.8. The largest absolute Gasteiger partial charge is 0.395 e. The van der Waals surface area contributed by atoms with Gasteiger partial charge < -0.3 is 5.11 Å². The summed E-state index contributed by atoms with van der Waals surface area (Å²) < 4.78 is 26.9. The quantitative estimate of drug-likeness (QED) is 0.741. The van der Waals surface area contributed by atoms with Gasteiger partial charge in [0, 0.05) is 12.0 Å². The van der Waals surface area contributed by atoms with Crippen LogP contribution in [0.15, 0.2) is 35.5 Å². The maximum absolute atomic E-state index is 12.2. The van der Waals surface area contributed by atoms with E-state index in [1.807, 2.05) is 13.0 Å². The standard InChI is InChI=1S/C14H15N3O3S/c1-11-5-6-12(4-2-3-9-18)13(10-11)17-21(19,20)14-7-8-15-16-14/h5-8,10,17-18H,3,9H2,1H3,(H,15,16). The molecule has 2 aromatic rings. The van der Waals surface area contributed by atoms with Gasteiger partial charge in [-0.3, -0.25) is 9.82 Å². The van der Waals surface area contributed by atoms with Gasteiger partial charge in [-0.25, -0.2) is 0 Å². The lowest BCUT2D eigenvalue weighted by molar-refractivity contribution is 0.305. The molecule has 6 nitrogen and oxygen atoms in total. The lowest BCUT2D eigenvalue weighted by Gasteiger charge is -2.09. The van der Waals surface area contributed by atoms with Gasteiger partial charge in [0.2, 0.25) is 0 Å². The van der Waals surface area contributed by atoms with E-state index < -0.39 is 10.0 Å². The van der Waals surface area contributed by atoms with Crippen molar-refractivity contribution in [3.8, 4) is 11.8 Å². The Balaban J connectivity index is 2.35. The number of rotatable bonds is 4. The van der Waals surface area contributed by atoms with Gasteiger partial charge >= 0.3 is 0 Å². The summed E-state index contributed by atoms with van der Waals surface area (Å²) in [5.74, 6) is 5.62. The van der Waals surface area contributed by atoms with E-state index in [-0.39, 0.29) is 11.6 Å². The van der Waals surface area contributed by atoms with Crippen LogP contribution < -0.4 is 4.72 Å². The van der Waals surface area contributed by atoms with Crippen molar-refractivity contribution in [2.45, 2.75) is 18.4 Å². The number of nitrogens with one attached hydrogen (secondary N) is 2. The number of benzene rings is 1. The van der Waals surface area contributed by atoms with E-state index in [1.165, 1.54) is 12.3 Å². The van der Waals surface area contributed by atoms with Crippen LogP contribution in [-0.2, 0) is 10.0 Å². The monoisotopic (exact) mass is 305 g/mol. The second kappa shape index (κ2) is 6.43. The number of aromatic amines is 1. The Bertz CT molecular complexity index is 772. The van der Waals surface area contributed by atoms with E-state index in [0.29, 0.717) is 17.7 Å². The number of anilines is 1. The van der Waals surface area contributed by atoms with Crippen LogP contribution in [-0.4, -0.2) is 30.3 Å². The van der Waals surface area contributed by atoms with Gasteiger partial charge in [-0.05, 0) is 30.7 Å². The third-order valence-electron chi connectivity index (χ3n) is 2.64. The van der Waals surface area contributed by atoms with Crippen molar-refractivity contribution in [1.82, 2.24) is 10.2 Å². The van der Waals surface area contributed by atoms with E-state index in [4.69, 9.17) is 5.11 Å². The molecule has 0 fully saturated rings. The van der Waals surface area contributed by atoms with E-state index in [0.717, 1.165) is 5.56 Å². The molecule has 0 spiro atoms. The molecule has 21 heavy (non-hydrogen) atoms. The molecule has 0 amide bonds. The first kappa shape index (κ1) is 15.1. The third kappa shape index (κ3) is 3.84. The van der Waals surface area contributed by atoms with Crippen LogP contribution in [0.2, 0.25) is 0 Å². The molecule has 1 aromatic carbocycles. The highest BCUT2D eigenvalue weighted by molar-refractivity contribution is 7.92. The van der Waals surface area contributed by atoms with Crippen molar-refractivity contribution in [2.75, 3.05) is 11.3 Å². The fourth-order valence-electron chi connectivity index (χ4n) is 1.66. The molecule has 0 radical (unpaired) electrons. The first-order chi connectivity index (χ1) is 10.0. The van der Waals surface area contributed by atoms with Gasteiger partial charge in [0.05, 0.1) is 18.5 Å². The van der Waals surface area contributed by atoms with Crippen LogP contribution in [0, 0.1) is 18.8 Å². The van der Waals surface area contributed by atoms with Crippen molar-refractivity contribution in [2.24, 2.45) is 0 Å². The molecule has 0 saturated carbocycles. The molecule has 110 valence electrons. The first-order valence-corrected chi connectivity index (χ1v) is 7.74. The second-order valence-corrected chi connectivity index (χ2v) is 6.00. The Hall–Kier alpha value is -2.30. The van der Waals surface area contributed by atoms with Gasteiger partial charge in [-0.1, -0.05) is 17.9 Å². The number of aliphatic hydroxyl groups is 1. The predicted octanol–water partition coefficient (Wildman–Crippen LogP) is 1.25. The molecule has 7 heteroatoms. The van der Waals surface area contributed by atoms with E-state index in [1.54, 1.807) is 12.1 Å². The average Bonchev–Trinajstić information content (AvgIpc) is 2.96. The summed E-state index contributed by atoms with van der Waals surface area (Å²) in [6, 6.07) is 6.66. The summed E-state index contributed by atoms with van der Waals surface area (Å²) in [6.07, 6.45) is 1.70. The molecule has 3 N–H and O–H groups in total. The Morgan fingerprint density at radius 3 is 2.86 bits per heavy atom. The number of sulfonamides is 1. The molecule has 0 bridgehead atoms. The van der Waals surface area contributed by atoms with E-state index in [9.17, 15) is 8.42 Å². The molecule has 0 atom stereocenters. The summed E-state index contributed by atoms with van der Waals surface area (Å²) in [4.78, 5) is 0. The lowest BCUT2D eigenvalue weighted by atomic mass is 10.1. The third-order valence-corrected chi connectivity index (χ3v) is 3.94. The second-order valence-electron chi connectivity index (χ2n) is 4.35. The van der Waals surface area contributed by atoms with Crippen LogP contribution in [0.4, 0.5) is 5.69 Å². The smallest absolute Gasteiger partial charge is 0.278 e. The molecule has 0 aliphatic heterocycles. The number of nitrogens with zero attached hydrogens (tertiary/aromatic N) is 1. The Morgan fingerprint density at radius 2 is 2.19 bits per heavy atom. The summed E-state index contributed by atoms with van der Waals surface area (Å²) in [5, 5.41) is 14.8. The molecule has 0 unspecified atom stereocenters. The molecule has 2 rings (SSSR count). The van der Waals surface area contributed by atoms with E-state index in [2.05, 4.69) is 26.8 Å². The molecule has 0 aliphatic rings. The number of aryl methyl sites for hydroxylation is 1. The van der Waals surface area contributed by atoms with Crippen LogP contribution in [0.1, 0.15) is 17.5 Å². The predicted molar refractivity (Wildman–Crippen MR) is 79.2 cm³/mol. The number of aliphatic hydroxyl groups excluding tert-OH is 1. The highest BCUT2D eigenvalue weighted by atomic mass is 32.2. The Kier molecular flexibility index (Phi) is 4.62. The fourth-order valence-corrected chi connectivity index (χ4v) is 2.64. The summed E-state index contributed by atoms with van der Waals surface area (Å²) in [7, 11) is -3.73. The van der Waals surface area contributed by atoms with Crippen molar-refractivity contribution in [1.29, 1.82) is 0 Å². The fraction of sp³-hybridized carbons (Fsp3) is 0.214. The van der Waals surface area contributed by atoms with Crippen molar-refractivity contribution >= 4 is 15.7 Å². The minimum atomic E-state index is -3.73. The Morgan fingerprint density at radius 1 is 1.38 bits per heavy atom. The van der Waals surface area contributed by atoms with Crippen LogP contribution in [0.3, 0.4) is 0 Å². The van der Waals surface area contributed by atoms with Crippen LogP contribution in [0.5, 0.6) is 0 Å². The number of H-pyrrole nitrogens is 1. The maximum atomic E-state index is 12.2. The van der Waals surface area contributed by atoms with Gasteiger partial charge in [0.15, 0.2) is 5.03 Å². The van der Waals surface area contributed by atoms with Gasteiger partial charge in [0.25, 0.3) is 10.0 Å². The molecular formula is C14H15N3O3S. The minimum Gasteiger partial charge on any atom is -0.395 e. The summed E-state index contributed by atoms with van der Waals surface area (Å²) >= 11 is 0. The highest BCUT2D eigenvalue weighted by Gasteiger charge is 2.17. The number of aromatic nitrogens is 2. The average molecular weight is 305 g/mol. The Labute approximate surface area is 123 Å². The zero-order valence-corrected chi connectivity index (χ0v) is 12.2. The number of hydrogen-bond acceptors (Lipinski definition) is 4. The van der Waals surface area contributed by atoms with Crippen LogP contribution >= 0.6 is 0 Å². The molecule has 1 heterocycles. The zero-order chi connectivity index (χ0) is 15.3. The molecule has 1 aromatic heterocycles. The molecule has 0 saturated heterocycles. The van der Waals surface area contributed by atoms with Gasteiger partial charge in [-0.2, -0.15) is 13.5 Å².